The number of ether oxygens (including phenoxy) is 1. The molecule has 1 rings (SSSR count). The molecule has 5 nitrogen and oxygen atoms in total. The van der Waals surface area contributed by atoms with E-state index in [0.717, 1.165) is 18.5 Å². The van der Waals surface area contributed by atoms with Crippen LogP contribution in [0.5, 0.6) is 0 Å². The quantitative estimate of drug-likeness (QED) is 0.613. The lowest BCUT2D eigenvalue weighted by Gasteiger charge is -2.23. The summed E-state index contributed by atoms with van der Waals surface area (Å²) in [5, 5.41) is 0. The second-order valence-electron chi connectivity index (χ2n) is 5.90. The fraction of sp³-hybridized carbons (Fsp3) is 0.556. The van der Waals surface area contributed by atoms with E-state index < -0.39 is 0 Å². The number of nitrogens with zero attached hydrogens (tertiary/aromatic N) is 2. The average molecular weight is 338 g/mol. The van der Waals surface area contributed by atoms with Crippen molar-refractivity contribution >= 4 is 11.9 Å². The van der Waals surface area contributed by atoms with Gasteiger partial charge in [0.15, 0.2) is 0 Å². The van der Waals surface area contributed by atoms with Gasteiger partial charge in [0.1, 0.15) is 5.82 Å². The van der Waals surface area contributed by atoms with E-state index in [1.807, 2.05) is 19.0 Å². The van der Waals surface area contributed by atoms with Crippen LogP contribution in [0.25, 0.3) is 0 Å². The molecule has 0 saturated heterocycles. The van der Waals surface area contributed by atoms with Gasteiger partial charge in [-0.25, -0.2) is 4.39 Å². The molecule has 0 aliphatic heterocycles. The van der Waals surface area contributed by atoms with E-state index in [-0.39, 0.29) is 30.5 Å². The molecule has 0 aliphatic rings. The van der Waals surface area contributed by atoms with Gasteiger partial charge < -0.3 is 14.5 Å². The van der Waals surface area contributed by atoms with Crippen molar-refractivity contribution in [1.29, 1.82) is 0 Å². The molecule has 1 aromatic rings. The monoisotopic (exact) mass is 338 g/mol. The molecule has 0 fully saturated rings. The fourth-order valence-electron chi connectivity index (χ4n) is 2.29. The highest BCUT2D eigenvalue weighted by molar-refractivity contribution is 5.79. The number of carbonyl (C=O) groups excluding carboxylic acids is 2. The first-order valence-corrected chi connectivity index (χ1v) is 8.25. The summed E-state index contributed by atoms with van der Waals surface area (Å²) < 4.78 is 17.9. The van der Waals surface area contributed by atoms with Gasteiger partial charge in [0.25, 0.3) is 0 Å². The van der Waals surface area contributed by atoms with Crippen LogP contribution in [-0.2, 0) is 20.7 Å². The van der Waals surface area contributed by atoms with E-state index in [4.69, 9.17) is 4.74 Å². The molecule has 0 unspecified atom stereocenters. The Bertz CT molecular complexity index is 518. The minimum atomic E-state index is -0.323. The van der Waals surface area contributed by atoms with E-state index in [1.165, 1.54) is 12.1 Å². The Morgan fingerprint density at radius 3 is 2.33 bits per heavy atom. The van der Waals surface area contributed by atoms with Gasteiger partial charge in [-0.05, 0) is 51.7 Å². The van der Waals surface area contributed by atoms with Gasteiger partial charge in [-0.1, -0.05) is 12.1 Å². The van der Waals surface area contributed by atoms with Gasteiger partial charge in [-0.15, -0.1) is 0 Å². The van der Waals surface area contributed by atoms with Gasteiger partial charge in [0, 0.05) is 13.1 Å². The molecule has 1 amide bonds. The van der Waals surface area contributed by atoms with Crippen LogP contribution in [0.3, 0.4) is 0 Å². The van der Waals surface area contributed by atoms with Crippen molar-refractivity contribution in [3.63, 3.8) is 0 Å². The van der Waals surface area contributed by atoms with Crippen LogP contribution in [0.4, 0.5) is 4.39 Å². The number of rotatable bonds is 10. The normalized spacial score (nSPS) is 10.7. The van der Waals surface area contributed by atoms with Crippen molar-refractivity contribution in [1.82, 2.24) is 9.80 Å². The predicted molar refractivity (Wildman–Crippen MR) is 91.1 cm³/mol. The Labute approximate surface area is 143 Å². The molecule has 24 heavy (non-hydrogen) atoms. The summed E-state index contributed by atoms with van der Waals surface area (Å²) in [7, 11) is 3.95. The largest absolute Gasteiger partial charge is 0.466 e. The first-order chi connectivity index (χ1) is 11.4. The van der Waals surface area contributed by atoms with E-state index in [1.54, 1.807) is 24.0 Å². The highest BCUT2D eigenvalue weighted by atomic mass is 19.1. The summed E-state index contributed by atoms with van der Waals surface area (Å²) in [6, 6.07) is 5.91. The lowest BCUT2D eigenvalue weighted by atomic mass is 10.1. The average Bonchev–Trinajstić information content (AvgIpc) is 2.52. The van der Waals surface area contributed by atoms with Crippen LogP contribution >= 0.6 is 0 Å². The maximum atomic E-state index is 13.0. The number of amides is 1. The Hall–Kier alpha value is -1.95. The zero-order valence-electron chi connectivity index (χ0n) is 14.8. The molecule has 0 atom stereocenters. The molecule has 0 heterocycles. The van der Waals surface area contributed by atoms with E-state index in [0.29, 0.717) is 19.7 Å². The zero-order chi connectivity index (χ0) is 17.9. The van der Waals surface area contributed by atoms with Crippen LogP contribution in [0.1, 0.15) is 25.3 Å². The van der Waals surface area contributed by atoms with Crippen molar-refractivity contribution in [3.05, 3.63) is 35.6 Å². The molecule has 0 N–H and O–H groups in total. The summed E-state index contributed by atoms with van der Waals surface area (Å²) >= 11 is 0. The van der Waals surface area contributed by atoms with Gasteiger partial charge in [0.2, 0.25) is 5.91 Å². The third-order valence-corrected chi connectivity index (χ3v) is 3.55. The SMILES string of the molecule is CCOC(=O)CCN(CCCN(C)C)C(=O)Cc1ccc(F)cc1. The van der Waals surface area contributed by atoms with Gasteiger partial charge in [0.05, 0.1) is 19.4 Å². The lowest BCUT2D eigenvalue weighted by Crippen LogP contribution is -2.36. The molecular formula is C18H27FN2O3. The number of halogens is 1. The molecule has 0 spiro atoms. The van der Waals surface area contributed by atoms with E-state index in [2.05, 4.69) is 0 Å². The topological polar surface area (TPSA) is 49.9 Å². The summed E-state index contributed by atoms with van der Waals surface area (Å²) in [6.45, 7) is 3.87. The van der Waals surface area contributed by atoms with Crippen LogP contribution in [-0.4, -0.2) is 62.0 Å². The summed E-state index contributed by atoms with van der Waals surface area (Å²) in [5.41, 5.74) is 0.759. The molecule has 6 heteroatoms. The maximum absolute atomic E-state index is 13.0. The lowest BCUT2D eigenvalue weighted by molar-refractivity contribution is -0.144. The van der Waals surface area contributed by atoms with Gasteiger partial charge in [-0.3, -0.25) is 9.59 Å². The zero-order valence-corrected chi connectivity index (χ0v) is 14.8. The highest BCUT2D eigenvalue weighted by Gasteiger charge is 2.16. The van der Waals surface area contributed by atoms with Crippen molar-refractivity contribution in [3.8, 4) is 0 Å². The summed E-state index contributed by atoms with van der Waals surface area (Å²) in [4.78, 5) is 27.8. The predicted octanol–water partition coefficient (Wildman–Crippen LogP) is 2.10. The number of esters is 1. The van der Waals surface area contributed by atoms with Crippen molar-refractivity contribution in [2.45, 2.75) is 26.2 Å². The van der Waals surface area contributed by atoms with Gasteiger partial charge in [-0.2, -0.15) is 0 Å². The van der Waals surface area contributed by atoms with Crippen molar-refractivity contribution < 1.29 is 18.7 Å². The number of hydrogen-bond acceptors (Lipinski definition) is 4. The molecule has 134 valence electrons. The fourth-order valence-corrected chi connectivity index (χ4v) is 2.29. The number of benzene rings is 1. The van der Waals surface area contributed by atoms with Gasteiger partial charge >= 0.3 is 5.97 Å². The minimum absolute atomic E-state index is 0.0651. The second kappa shape index (κ2) is 10.8. The Balaban J connectivity index is 2.61. The highest BCUT2D eigenvalue weighted by Crippen LogP contribution is 2.07. The first-order valence-electron chi connectivity index (χ1n) is 8.25. The Kier molecular flexibility index (Phi) is 9.01. The summed E-state index contributed by atoms with van der Waals surface area (Å²) in [5.74, 6) is -0.689. The standard InChI is InChI=1S/C18H27FN2O3/c1-4-24-18(23)10-13-21(12-5-11-20(2)3)17(22)14-15-6-8-16(19)9-7-15/h6-9H,4-5,10-14H2,1-3H3. The molecule has 0 radical (unpaired) electrons. The van der Waals surface area contributed by atoms with E-state index >= 15 is 0 Å². The molecule has 1 aromatic carbocycles. The van der Waals surface area contributed by atoms with Crippen molar-refractivity contribution in [2.24, 2.45) is 0 Å². The second-order valence-corrected chi connectivity index (χ2v) is 5.90. The molecule has 0 aromatic heterocycles. The van der Waals surface area contributed by atoms with Crippen LogP contribution in [0, 0.1) is 5.82 Å². The first kappa shape index (κ1) is 20.1. The minimum Gasteiger partial charge on any atom is -0.466 e. The maximum Gasteiger partial charge on any atom is 0.307 e. The van der Waals surface area contributed by atoms with Crippen LogP contribution in [0.2, 0.25) is 0 Å². The Morgan fingerprint density at radius 2 is 1.75 bits per heavy atom. The van der Waals surface area contributed by atoms with Crippen LogP contribution in [0.15, 0.2) is 24.3 Å². The van der Waals surface area contributed by atoms with Crippen LogP contribution < -0.4 is 0 Å². The number of carbonyl (C=O) groups is 2. The van der Waals surface area contributed by atoms with E-state index in [9.17, 15) is 14.0 Å². The third-order valence-electron chi connectivity index (χ3n) is 3.55. The Morgan fingerprint density at radius 1 is 1.08 bits per heavy atom. The molecule has 0 bridgehead atoms. The number of hydrogen-bond donors (Lipinski definition) is 0. The third kappa shape index (κ3) is 8.06. The molecular weight excluding hydrogens is 311 g/mol. The smallest absolute Gasteiger partial charge is 0.307 e. The van der Waals surface area contributed by atoms with Crippen molar-refractivity contribution in [2.75, 3.05) is 40.3 Å². The summed E-state index contributed by atoms with van der Waals surface area (Å²) in [6.07, 6.45) is 1.21. The molecule has 0 saturated carbocycles. The molecule has 0 aliphatic carbocycles.